The minimum Gasteiger partial charge on any atom is -0.505 e. The van der Waals surface area contributed by atoms with Crippen molar-refractivity contribution in [3.8, 4) is 5.75 Å². The molecule has 1 rings (SSSR count). The van der Waals surface area contributed by atoms with Crippen molar-refractivity contribution in [2.24, 2.45) is 0 Å². The second-order valence-corrected chi connectivity index (χ2v) is 4.01. The second-order valence-electron chi connectivity index (χ2n) is 4.01. The molecule has 5 heteroatoms. The summed E-state index contributed by atoms with van der Waals surface area (Å²) in [4.78, 5) is 0. The Hall–Kier alpha value is -1.17. The maximum absolute atomic E-state index is 12.9. The second kappa shape index (κ2) is 5.25. The van der Waals surface area contributed by atoms with Gasteiger partial charge in [0.25, 0.3) is 0 Å². The van der Waals surface area contributed by atoms with Gasteiger partial charge in [-0.1, -0.05) is 12.1 Å². The van der Waals surface area contributed by atoms with Crippen LogP contribution in [0.15, 0.2) is 18.2 Å². The Bertz CT molecular complexity index is 355. The Morgan fingerprint density at radius 1 is 1.44 bits per heavy atom. The average molecular weight is 229 g/mol. The summed E-state index contributed by atoms with van der Waals surface area (Å²) in [5.74, 6) is -1.06. The molecule has 0 radical (unpaired) electrons. The lowest BCUT2D eigenvalue weighted by molar-refractivity contribution is 0.00250. The minimum atomic E-state index is -1.22. The summed E-state index contributed by atoms with van der Waals surface area (Å²) in [5, 5.41) is 30.4. The van der Waals surface area contributed by atoms with E-state index in [9.17, 15) is 14.6 Å². The van der Waals surface area contributed by atoms with Gasteiger partial charge in [-0.25, -0.2) is 4.39 Å². The number of hydrogen-bond donors (Lipinski definition) is 4. The molecule has 0 bridgehead atoms. The van der Waals surface area contributed by atoms with Gasteiger partial charge in [0.2, 0.25) is 0 Å². The highest BCUT2D eigenvalue weighted by molar-refractivity contribution is 5.33. The predicted molar refractivity (Wildman–Crippen MR) is 57.5 cm³/mol. The third kappa shape index (κ3) is 3.44. The third-order valence-corrected chi connectivity index (χ3v) is 2.23. The topological polar surface area (TPSA) is 72.7 Å². The van der Waals surface area contributed by atoms with E-state index in [0.717, 1.165) is 0 Å². The number of phenolic OH excluding ortho intramolecular Hbond substituents is 1. The zero-order chi connectivity index (χ0) is 12.2. The quantitative estimate of drug-likeness (QED) is 0.588. The van der Waals surface area contributed by atoms with E-state index >= 15 is 0 Å². The van der Waals surface area contributed by atoms with Crippen molar-refractivity contribution in [3.05, 3.63) is 29.6 Å². The number of para-hydroxylation sites is 1. The number of aromatic hydroxyl groups is 1. The Balaban J connectivity index is 2.53. The van der Waals surface area contributed by atoms with E-state index in [2.05, 4.69) is 5.32 Å². The van der Waals surface area contributed by atoms with Crippen LogP contribution in [0.3, 0.4) is 0 Å². The molecule has 0 aliphatic rings. The molecule has 0 spiro atoms. The maximum atomic E-state index is 12.9. The van der Waals surface area contributed by atoms with Gasteiger partial charge in [0.05, 0.1) is 12.2 Å². The fourth-order valence-electron chi connectivity index (χ4n) is 1.23. The van der Waals surface area contributed by atoms with E-state index in [-0.39, 0.29) is 19.7 Å². The molecule has 4 nitrogen and oxygen atoms in total. The minimum absolute atomic E-state index is 0.152. The van der Waals surface area contributed by atoms with Crippen LogP contribution in [0.4, 0.5) is 4.39 Å². The van der Waals surface area contributed by atoms with Crippen molar-refractivity contribution >= 4 is 0 Å². The highest BCUT2D eigenvalue weighted by Gasteiger charge is 2.18. The lowest BCUT2D eigenvalue weighted by atomic mass is 10.1. The summed E-state index contributed by atoms with van der Waals surface area (Å²) < 4.78 is 12.9. The first-order chi connectivity index (χ1) is 7.46. The zero-order valence-corrected chi connectivity index (χ0v) is 9.07. The van der Waals surface area contributed by atoms with E-state index in [0.29, 0.717) is 5.56 Å². The molecule has 16 heavy (non-hydrogen) atoms. The first kappa shape index (κ1) is 12.9. The van der Waals surface area contributed by atoms with Gasteiger partial charge in [0.1, 0.15) is 0 Å². The molecule has 90 valence electrons. The molecule has 0 saturated heterocycles. The van der Waals surface area contributed by atoms with Crippen molar-refractivity contribution in [1.29, 1.82) is 0 Å². The van der Waals surface area contributed by atoms with Crippen LogP contribution in [0.5, 0.6) is 5.75 Å². The van der Waals surface area contributed by atoms with Crippen LogP contribution < -0.4 is 5.32 Å². The highest BCUT2D eigenvalue weighted by atomic mass is 19.1. The summed E-state index contributed by atoms with van der Waals surface area (Å²) in [5.41, 5.74) is -0.808. The molecular formula is C11H16FNO3. The van der Waals surface area contributed by atoms with Gasteiger partial charge in [-0.2, -0.15) is 0 Å². The van der Waals surface area contributed by atoms with Crippen molar-refractivity contribution in [2.45, 2.75) is 19.1 Å². The number of phenols is 1. The first-order valence-electron chi connectivity index (χ1n) is 4.96. The van der Waals surface area contributed by atoms with Crippen LogP contribution in [0, 0.1) is 5.82 Å². The summed E-state index contributed by atoms with van der Waals surface area (Å²) in [6.45, 7) is 1.49. The van der Waals surface area contributed by atoms with E-state index < -0.39 is 17.2 Å². The van der Waals surface area contributed by atoms with Crippen molar-refractivity contribution < 1.29 is 19.7 Å². The molecule has 1 aromatic rings. The molecule has 0 aromatic heterocycles. The largest absolute Gasteiger partial charge is 0.505 e. The van der Waals surface area contributed by atoms with E-state index in [4.69, 9.17) is 5.11 Å². The molecule has 1 atom stereocenters. The number of aliphatic hydroxyl groups is 2. The summed E-state index contributed by atoms with van der Waals surface area (Å²) in [7, 11) is 0. The Labute approximate surface area is 93.4 Å². The van der Waals surface area contributed by atoms with Gasteiger partial charge in [0, 0.05) is 18.7 Å². The molecule has 4 N–H and O–H groups in total. The van der Waals surface area contributed by atoms with Gasteiger partial charge in [-0.05, 0) is 13.0 Å². The van der Waals surface area contributed by atoms with Gasteiger partial charge in [-0.3, -0.25) is 0 Å². The van der Waals surface area contributed by atoms with Crippen molar-refractivity contribution in [3.63, 3.8) is 0 Å². The maximum Gasteiger partial charge on any atom is 0.165 e. The summed E-state index contributed by atoms with van der Waals surface area (Å²) >= 11 is 0. The van der Waals surface area contributed by atoms with Crippen LogP contribution in [-0.2, 0) is 6.54 Å². The Morgan fingerprint density at radius 2 is 2.12 bits per heavy atom. The number of rotatable bonds is 5. The molecule has 0 amide bonds. The number of benzene rings is 1. The predicted octanol–water partition coefficient (Wildman–Crippen LogP) is 0.364. The van der Waals surface area contributed by atoms with Crippen LogP contribution in [0.1, 0.15) is 12.5 Å². The van der Waals surface area contributed by atoms with Crippen LogP contribution in [-0.4, -0.2) is 34.1 Å². The number of nitrogens with one attached hydrogen (secondary N) is 1. The van der Waals surface area contributed by atoms with Gasteiger partial charge in [0.15, 0.2) is 11.6 Å². The van der Waals surface area contributed by atoms with Gasteiger partial charge >= 0.3 is 0 Å². The van der Waals surface area contributed by atoms with E-state index in [1.807, 2.05) is 0 Å². The van der Waals surface area contributed by atoms with E-state index in [1.54, 1.807) is 6.07 Å². The molecule has 0 fully saturated rings. The normalized spacial score (nSPS) is 14.8. The highest BCUT2D eigenvalue weighted by Crippen LogP contribution is 2.20. The molecule has 0 saturated carbocycles. The van der Waals surface area contributed by atoms with Crippen LogP contribution in [0.25, 0.3) is 0 Å². The Morgan fingerprint density at radius 3 is 2.75 bits per heavy atom. The fraction of sp³-hybridized carbons (Fsp3) is 0.455. The molecule has 1 aromatic carbocycles. The van der Waals surface area contributed by atoms with Crippen molar-refractivity contribution in [2.75, 3.05) is 13.2 Å². The fourth-order valence-corrected chi connectivity index (χ4v) is 1.23. The lowest BCUT2D eigenvalue weighted by Gasteiger charge is -2.20. The van der Waals surface area contributed by atoms with E-state index in [1.165, 1.54) is 19.1 Å². The lowest BCUT2D eigenvalue weighted by Crippen LogP contribution is -2.40. The van der Waals surface area contributed by atoms with Crippen LogP contribution >= 0.6 is 0 Å². The number of hydrogen-bond acceptors (Lipinski definition) is 4. The SMILES string of the molecule is CC(O)(CO)CNCc1cccc(F)c1O. The van der Waals surface area contributed by atoms with Crippen LogP contribution in [0.2, 0.25) is 0 Å². The molecule has 1 unspecified atom stereocenters. The molecule has 0 aliphatic heterocycles. The molecular weight excluding hydrogens is 213 g/mol. The first-order valence-corrected chi connectivity index (χ1v) is 4.96. The third-order valence-electron chi connectivity index (χ3n) is 2.23. The Kier molecular flexibility index (Phi) is 4.23. The summed E-state index contributed by atoms with van der Waals surface area (Å²) in [6, 6.07) is 4.25. The van der Waals surface area contributed by atoms with Gasteiger partial charge < -0.3 is 20.6 Å². The summed E-state index contributed by atoms with van der Waals surface area (Å²) in [6.07, 6.45) is 0. The monoisotopic (exact) mass is 229 g/mol. The molecule has 0 aliphatic carbocycles. The average Bonchev–Trinajstić information content (AvgIpc) is 2.24. The number of halogens is 1. The van der Waals surface area contributed by atoms with Gasteiger partial charge in [-0.15, -0.1) is 0 Å². The smallest absolute Gasteiger partial charge is 0.165 e. The van der Waals surface area contributed by atoms with Crippen molar-refractivity contribution in [1.82, 2.24) is 5.32 Å². The number of aliphatic hydroxyl groups excluding tert-OH is 1. The zero-order valence-electron chi connectivity index (χ0n) is 9.07. The standard InChI is InChI=1S/C11H16FNO3/c1-11(16,7-14)6-13-5-8-3-2-4-9(12)10(8)15/h2-4,13-16H,5-7H2,1H3. The molecule has 0 heterocycles.